The monoisotopic (exact) mass is 229 g/mol. The molecule has 1 aromatic rings. The van der Waals surface area contributed by atoms with E-state index in [1.807, 2.05) is 0 Å². The zero-order valence-corrected chi connectivity index (χ0v) is 9.50. The molecule has 0 bridgehead atoms. The number of fused-ring (bicyclic) bond motifs is 1. The first-order chi connectivity index (χ1) is 7.08. The van der Waals surface area contributed by atoms with Crippen LogP contribution in [0.25, 0.3) is 0 Å². The summed E-state index contributed by atoms with van der Waals surface area (Å²) < 4.78 is 26.3. The average Bonchev–Trinajstić information content (AvgIpc) is 2.16. The van der Waals surface area contributed by atoms with Crippen molar-refractivity contribution in [3.63, 3.8) is 0 Å². The zero-order valence-electron chi connectivity index (χ0n) is 8.68. The van der Waals surface area contributed by atoms with Gasteiger partial charge in [0.15, 0.2) is 0 Å². The van der Waals surface area contributed by atoms with Crippen LogP contribution in [0.5, 0.6) is 0 Å². The van der Waals surface area contributed by atoms with Crippen LogP contribution in [0.2, 0.25) is 0 Å². The second-order valence-electron chi connectivity index (χ2n) is 4.04. The molecule has 0 aromatic heterocycles. The Bertz CT molecular complexity index is 379. The van der Waals surface area contributed by atoms with Crippen LogP contribution in [-0.4, -0.2) is 11.8 Å². The van der Waals surface area contributed by atoms with Crippen LogP contribution in [0, 0.1) is 17.6 Å². The van der Waals surface area contributed by atoms with E-state index in [0.29, 0.717) is 21.8 Å². The highest BCUT2D eigenvalue weighted by Gasteiger charge is 2.24. The van der Waals surface area contributed by atoms with Gasteiger partial charge in [0.2, 0.25) is 0 Å². The normalized spacial score (nSPS) is 19.9. The SMILES string of the molecule is CC(C)C1CNc2c(F)cc(F)cc2S1. The van der Waals surface area contributed by atoms with E-state index < -0.39 is 11.6 Å². The lowest BCUT2D eigenvalue weighted by Gasteiger charge is -2.28. The molecule has 0 radical (unpaired) electrons. The van der Waals surface area contributed by atoms with Crippen molar-refractivity contribution < 1.29 is 8.78 Å². The van der Waals surface area contributed by atoms with Gasteiger partial charge in [0.1, 0.15) is 11.6 Å². The van der Waals surface area contributed by atoms with Gasteiger partial charge in [-0.15, -0.1) is 11.8 Å². The van der Waals surface area contributed by atoms with Gasteiger partial charge in [0.25, 0.3) is 0 Å². The Hall–Kier alpha value is -0.770. The van der Waals surface area contributed by atoms with E-state index in [1.165, 1.54) is 6.07 Å². The number of nitrogens with one attached hydrogen (secondary N) is 1. The van der Waals surface area contributed by atoms with E-state index in [4.69, 9.17) is 0 Å². The van der Waals surface area contributed by atoms with E-state index in [1.54, 1.807) is 11.8 Å². The molecule has 0 fully saturated rings. The van der Waals surface area contributed by atoms with Crippen LogP contribution in [0.4, 0.5) is 14.5 Å². The van der Waals surface area contributed by atoms with Gasteiger partial charge in [-0.05, 0) is 12.0 Å². The molecule has 1 aromatic carbocycles. The van der Waals surface area contributed by atoms with Gasteiger partial charge < -0.3 is 5.32 Å². The molecular formula is C11H13F2NS. The molecule has 0 spiro atoms. The minimum absolute atomic E-state index is 0.374. The summed E-state index contributed by atoms with van der Waals surface area (Å²) in [6, 6.07) is 2.31. The number of thioether (sulfide) groups is 1. The molecule has 82 valence electrons. The van der Waals surface area contributed by atoms with Crippen molar-refractivity contribution in [2.24, 2.45) is 5.92 Å². The molecule has 1 nitrogen and oxygen atoms in total. The van der Waals surface area contributed by atoms with Crippen molar-refractivity contribution in [2.45, 2.75) is 24.0 Å². The molecule has 1 N–H and O–H groups in total. The molecule has 1 aliphatic heterocycles. The Morgan fingerprint density at radius 2 is 2.13 bits per heavy atom. The summed E-state index contributed by atoms with van der Waals surface area (Å²) in [7, 11) is 0. The van der Waals surface area contributed by atoms with Gasteiger partial charge in [0, 0.05) is 22.8 Å². The lowest BCUT2D eigenvalue weighted by atomic mass is 10.1. The number of benzene rings is 1. The summed E-state index contributed by atoms with van der Waals surface area (Å²) in [4.78, 5) is 0.678. The minimum atomic E-state index is -0.509. The number of anilines is 1. The molecular weight excluding hydrogens is 216 g/mol. The fourth-order valence-electron chi connectivity index (χ4n) is 1.59. The van der Waals surface area contributed by atoms with Crippen LogP contribution in [0.3, 0.4) is 0 Å². The summed E-state index contributed by atoms with van der Waals surface area (Å²) in [6.07, 6.45) is 0. The van der Waals surface area contributed by atoms with Crippen LogP contribution in [0.15, 0.2) is 17.0 Å². The third-order valence-corrected chi connectivity index (χ3v) is 4.11. The Labute approximate surface area is 92.3 Å². The van der Waals surface area contributed by atoms with E-state index in [-0.39, 0.29) is 0 Å². The summed E-state index contributed by atoms with van der Waals surface area (Å²) in [6.45, 7) is 4.96. The van der Waals surface area contributed by atoms with Gasteiger partial charge in [-0.25, -0.2) is 8.78 Å². The first-order valence-corrected chi connectivity index (χ1v) is 5.85. The van der Waals surface area contributed by atoms with Crippen LogP contribution < -0.4 is 5.32 Å². The Morgan fingerprint density at radius 3 is 2.80 bits per heavy atom. The third-order valence-electron chi connectivity index (χ3n) is 2.52. The molecule has 1 aliphatic rings. The van der Waals surface area contributed by atoms with Gasteiger partial charge in [-0.1, -0.05) is 13.8 Å². The molecule has 0 aliphatic carbocycles. The number of hydrogen-bond donors (Lipinski definition) is 1. The Morgan fingerprint density at radius 1 is 1.40 bits per heavy atom. The zero-order chi connectivity index (χ0) is 11.0. The highest BCUT2D eigenvalue weighted by Crippen LogP contribution is 2.39. The van der Waals surface area contributed by atoms with Gasteiger partial charge >= 0.3 is 0 Å². The first-order valence-electron chi connectivity index (χ1n) is 4.97. The first kappa shape index (κ1) is 10.7. The summed E-state index contributed by atoms with van der Waals surface area (Å²) >= 11 is 1.55. The maximum absolute atomic E-state index is 13.3. The molecule has 1 unspecified atom stereocenters. The highest BCUT2D eigenvalue weighted by atomic mass is 32.2. The topological polar surface area (TPSA) is 12.0 Å². The Balaban J connectivity index is 2.33. The maximum Gasteiger partial charge on any atom is 0.150 e. The quantitative estimate of drug-likeness (QED) is 0.791. The van der Waals surface area contributed by atoms with Crippen molar-refractivity contribution in [1.82, 2.24) is 0 Å². The predicted molar refractivity (Wildman–Crippen MR) is 59.3 cm³/mol. The molecule has 0 saturated heterocycles. The van der Waals surface area contributed by atoms with Crippen LogP contribution in [0.1, 0.15) is 13.8 Å². The average molecular weight is 229 g/mol. The van der Waals surface area contributed by atoms with E-state index in [0.717, 1.165) is 12.6 Å². The van der Waals surface area contributed by atoms with Gasteiger partial charge in [-0.2, -0.15) is 0 Å². The van der Waals surface area contributed by atoms with Crippen molar-refractivity contribution in [2.75, 3.05) is 11.9 Å². The molecule has 2 rings (SSSR count). The highest BCUT2D eigenvalue weighted by molar-refractivity contribution is 8.00. The molecule has 15 heavy (non-hydrogen) atoms. The van der Waals surface area contributed by atoms with Gasteiger partial charge in [-0.3, -0.25) is 0 Å². The number of hydrogen-bond acceptors (Lipinski definition) is 2. The summed E-state index contributed by atoms with van der Waals surface area (Å²) in [5, 5.41) is 3.40. The summed E-state index contributed by atoms with van der Waals surface area (Å²) in [5.41, 5.74) is 0.443. The largest absolute Gasteiger partial charge is 0.381 e. The molecule has 0 saturated carbocycles. The van der Waals surface area contributed by atoms with Gasteiger partial charge in [0.05, 0.1) is 5.69 Å². The fraction of sp³-hybridized carbons (Fsp3) is 0.455. The lowest BCUT2D eigenvalue weighted by molar-refractivity contribution is 0.572. The smallest absolute Gasteiger partial charge is 0.150 e. The van der Waals surface area contributed by atoms with Crippen LogP contribution >= 0.6 is 11.8 Å². The van der Waals surface area contributed by atoms with E-state index in [2.05, 4.69) is 19.2 Å². The molecule has 1 heterocycles. The molecule has 0 amide bonds. The molecule has 1 atom stereocenters. The second-order valence-corrected chi connectivity index (χ2v) is 5.32. The van der Waals surface area contributed by atoms with Crippen molar-refractivity contribution >= 4 is 17.4 Å². The lowest BCUT2D eigenvalue weighted by Crippen LogP contribution is -2.26. The second kappa shape index (κ2) is 4.00. The number of halogens is 2. The van der Waals surface area contributed by atoms with Crippen molar-refractivity contribution in [3.05, 3.63) is 23.8 Å². The molecule has 4 heteroatoms. The summed E-state index contributed by atoms with van der Waals surface area (Å²) in [5.74, 6) is -0.522. The van der Waals surface area contributed by atoms with Crippen LogP contribution in [-0.2, 0) is 0 Å². The van der Waals surface area contributed by atoms with E-state index >= 15 is 0 Å². The number of rotatable bonds is 1. The van der Waals surface area contributed by atoms with Crippen molar-refractivity contribution in [3.8, 4) is 0 Å². The Kier molecular flexibility index (Phi) is 2.87. The fourth-order valence-corrected chi connectivity index (χ4v) is 2.83. The predicted octanol–water partition coefficient (Wildman–Crippen LogP) is 3.51. The van der Waals surface area contributed by atoms with E-state index in [9.17, 15) is 8.78 Å². The van der Waals surface area contributed by atoms with Crippen molar-refractivity contribution in [1.29, 1.82) is 0 Å². The standard InChI is InChI=1S/C11H13F2NS/c1-6(2)10-5-14-11-8(13)3-7(12)4-9(11)15-10/h3-4,6,10,14H,5H2,1-2H3. The maximum atomic E-state index is 13.3. The third kappa shape index (κ3) is 2.09. The minimum Gasteiger partial charge on any atom is -0.381 e.